The molecule has 6 aromatic rings. The average molecular weight is 391 g/mol. The van der Waals surface area contributed by atoms with Gasteiger partial charge in [-0.3, -0.25) is 4.98 Å². The summed E-state index contributed by atoms with van der Waals surface area (Å²) in [6.45, 7) is 0. The van der Waals surface area contributed by atoms with Crippen molar-refractivity contribution in [3.63, 3.8) is 0 Å². The summed E-state index contributed by atoms with van der Waals surface area (Å²) in [6, 6.07) is 28.9. The number of aromatic nitrogens is 2. The summed E-state index contributed by atoms with van der Waals surface area (Å²) in [5.74, 6) is 0. The number of hydrogen-bond donors (Lipinski definition) is 0. The number of rotatable bonds is 1. The lowest BCUT2D eigenvalue weighted by atomic mass is 9.98. The maximum Gasteiger partial charge on any atom is 0.0979 e. The Labute approximate surface area is 172 Å². The molecule has 6 rings (SSSR count). The lowest BCUT2D eigenvalue weighted by molar-refractivity contribution is 1.31. The molecule has 0 radical (unpaired) electrons. The molecule has 1 heterocycles. The monoisotopic (exact) mass is 390 g/mol. The first-order chi connectivity index (χ1) is 14.3. The molecular weight excluding hydrogens is 376 g/mol. The van der Waals surface area contributed by atoms with E-state index in [2.05, 4.69) is 60.7 Å². The first kappa shape index (κ1) is 16.5. The van der Waals surface area contributed by atoms with E-state index < -0.39 is 0 Å². The van der Waals surface area contributed by atoms with Gasteiger partial charge in [0.1, 0.15) is 0 Å². The third kappa shape index (κ3) is 2.43. The van der Waals surface area contributed by atoms with Crippen LogP contribution in [0.25, 0.3) is 54.6 Å². The summed E-state index contributed by atoms with van der Waals surface area (Å²) in [5.41, 5.74) is 3.75. The van der Waals surface area contributed by atoms with Gasteiger partial charge in [-0.25, -0.2) is 4.98 Å². The Balaban J connectivity index is 1.75. The highest BCUT2D eigenvalue weighted by Crippen LogP contribution is 2.36. The summed E-state index contributed by atoms with van der Waals surface area (Å²) in [7, 11) is 0. The van der Waals surface area contributed by atoms with E-state index in [-0.39, 0.29) is 0 Å². The van der Waals surface area contributed by atoms with Crippen molar-refractivity contribution in [3.8, 4) is 11.3 Å². The molecule has 5 aromatic carbocycles. The lowest BCUT2D eigenvalue weighted by Crippen LogP contribution is -1.93. The van der Waals surface area contributed by atoms with Gasteiger partial charge >= 0.3 is 0 Å². The minimum atomic E-state index is 0.745. The molecule has 2 nitrogen and oxygen atoms in total. The van der Waals surface area contributed by atoms with Crippen LogP contribution in [0.15, 0.2) is 91.1 Å². The van der Waals surface area contributed by atoms with Gasteiger partial charge in [0.15, 0.2) is 0 Å². The molecule has 29 heavy (non-hydrogen) atoms. The Morgan fingerprint density at radius 1 is 0.517 bits per heavy atom. The number of hydrogen-bond acceptors (Lipinski definition) is 2. The molecule has 0 saturated carbocycles. The maximum absolute atomic E-state index is 6.42. The summed E-state index contributed by atoms with van der Waals surface area (Å²) in [6.07, 6.45) is 1.87. The summed E-state index contributed by atoms with van der Waals surface area (Å²) >= 11 is 6.42. The molecule has 0 aliphatic carbocycles. The second-order valence-corrected chi connectivity index (χ2v) is 7.59. The van der Waals surface area contributed by atoms with Crippen molar-refractivity contribution in [2.75, 3.05) is 0 Å². The molecule has 0 N–H and O–H groups in total. The number of nitrogens with zero attached hydrogens (tertiary/aromatic N) is 2. The van der Waals surface area contributed by atoms with Crippen molar-refractivity contribution in [2.24, 2.45) is 0 Å². The van der Waals surface area contributed by atoms with Crippen molar-refractivity contribution in [1.29, 1.82) is 0 Å². The Morgan fingerprint density at radius 3 is 1.86 bits per heavy atom. The zero-order valence-electron chi connectivity index (χ0n) is 15.4. The summed E-state index contributed by atoms with van der Waals surface area (Å²) < 4.78 is 0. The van der Waals surface area contributed by atoms with Crippen LogP contribution in [0, 0.1) is 0 Å². The summed E-state index contributed by atoms with van der Waals surface area (Å²) in [5, 5.41) is 7.50. The van der Waals surface area contributed by atoms with Crippen molar-refractivity contribution in [1.82, 2.24) is 9.97 Å². The zero-order chi connectivity index (χ0) is 19.4. The molecule has 0 amide bonds. The van der Waals surface area contributed by atoms with Crippen molar-refractivity contribution < 1.29 is 0 Å². The van der Waals surface area contributed by atoms with Gasteiger partial charge in [-0.15, -0.1) is 0 Å². The Morgan fingerprint density at radius 2 is 1.10 bits per heavy atom. The van der Waals surface area contributed by atoms with Crippen LogP contribution in [-0.4, -0.2) is 9.97 Å². The highest BCUT2D eigenvalue weighted by atomic mass is 35.5. The standard InChI is InChI=1S/C26H15ClN2/c27-23-14-6-11-18-19(23)12-5-13-20(18)24-15-28-25-21-9-3-1-7-16(21)17-8-2-4-10-22(17)26(25)29-24/h1-15H. The molecule has 0 aliphatic rings. The van der Waals surface area contributed by atoms with Crippen molar-refractivity contribution >= 4 is 55.0 Å². The van der Waals surface area contributed by atoms with Crippen molar-refractivity contribution in [3.05, 3.63) is 96.1 Å². The van der Waals surface area contributed by atoms with E-state index in [0.29, 0.717) is 0 Å². The van der Waals surface area contributed by atoms with Crippen LogP contribution in [0.1, 0.15) is 0 Å². The van der Waals surface area contributed by atoms with Crippen LogP contribution in [0.3, 0.4) is 0 Å². The fraction of sp³-hybridized carbons (Fsp3) is 0. The van der Waals surface area contributed by atoms with E-state index in [4.69, 9.17) is 21.6 Å². The van der Waals surface area contributed by atoms with Crippen LogP contribution in [0.5, 0.6) is 0 Å². The molecule has 136 valence electrons. The number of halogens is 1. The maximum atomic E-state index is 6.42. The van der Waals surface area contributed by atoms with Crippen LogP contribution in [0.2, 0.25) is 5.02 Å². The largest absolute Gasteiger partial charge is 0.252 e. The molecule has 0 spiro atoms. The first-order valence-electron chi connectivity index (χ1n) is 9.55. The minimum Gasteiger partial charge on any atom is -0.252 e. The van der Waals surface area contributed by atoms with Crippen LogP contribution in [0.4, 0.5) is 0 Å². The first-order valence-corrected chi connectivity index (χ1v) is 9.93. The fourth-order valence-corrected chi connectivity index (χ4v) is 4.49. The fourth-order valence-electron chi connectivity index (χ4n) is 4.25. The summed E-state index contributed by atoms with van der Waals surface area (Å²) in [4.78, 5) is 9.97. The molecular formula is C26H15ClN2. The third-order valence-electron chi connectivity index (χ3n) is 5.57. The third-order valence-corrected chi connectivity index (χ3v) is 5.90. The molecule has 0 saturated heterocycles. The van der Waals surface area contributed by atoms with E-state index in [9.17, 15) is 0 Å². The minimum absolute atomic E-state index is 0.745. The Bertz CT molecular complexity index is 1530. The van der Waals surface area contributed by atoms with Gasteiger partial charge in [0, 0.05) is 26.7 Å². The SMILES string of the molecule is Clc1cccc2c(-c3cnc4c5ccccc5c5ccccc5c4n3)cccc12. The van der Waals surface area contributed by atoms with E-state index in [1.54, 1.807) is 0 Å². The Kier molecular flexibility index (Phi) is 3.56. The van der Waals surface area contributed by atoms with Crippen LogP contribution < -0.4 is 0 Å². The highest BCUT2D eigenvalue weighted by molar-refractivity contribution is 6.36. The van der Waals surface area contributed by atoms with Gasteiger partial charge in [0.25, 0.3) is 0 Å². The van der Waals surface area contributed by atoms with Crippen LogP contribution >= 0.6 is 11.6 Å². The lowest BCUT2D eigenvalue weighted by Gasteiger charge is -2.11. The second-order valence-electron chi connectivity index (χ2n) is 7.18. The molecule has 0 aliphatic heterocycles. The van der Waals surface area contributed by atoms with Gasteiger partial charge in [-0.05, 0) is 22.2 Å². The topological polar surface area (TPSA) is 25.8 Å². The molecule has 0 unspecified atom stereocenters. The van der Waals surface area contributed by atoms with E-state index in [1.165, 1.54) is 10.8 Å². The van der Waals surface area contributed by atoms with Gasteiger partial charge < -0.3 is 0 Å². The smallest absolute Gasteiger partial charge is 0.0979 e. The Hall–Kier alpha value is -3.49. The molecule has 3 heteroatoms. The normalized spacial score (nSPS) is 11.6. The molecule has 1 aromatic heterocycles. The predicted octanol–water partition coefficient (Wildman–Crippen LogP) is 7.41. The number of benzene rings is 5. The van der Waals surface area contributed by atoms with Crippen LogP contribution in [-0.2, 0) is 0 Å². The quantitative estimate of drug-likeness (QED) is 0.273. The second kappa shape index (κ2) is 6.26. The van der Waals surface area contributed by atoms with E-state index in [0.717, 1.165) is 48.9 Å². The van der Waals surface area contributed by atoms with Gasteiger partial charge in [0.2, 0.25) is 0 Å². The molecule has 0 atom stereocenters. The van der Waals surface area contributed by atoms with E-state index >= 15 is 0 Å². The van der Waals surface area contributed by atoms with Crippen molar-refractivity contribution in [2.45, 2.75) is 0 Å². The predicted molar refractivity (Wildman–Crippen MR) is 123 cm³/mol. The molecule has 0 fully saturated rings. The molecule has 0 bridgehead atoms. The van der Waals surface area contributed by atoms with Gasteiger partial charge in [0.05, 0.1) is 22.9 Å². The number of fused-ring (bicyclic) bond motifs is 7. The van der Waals surface area contributed by atoms with Gasteiger partial charge in [-0.1, -0.05) is 90.5 Å². The average Bonchev–Trinajstić information content (AvgIpc) is 2.79. The zero-order valence-corrected chi connectivity index (χ0v) is 16.2. The van der Waals surface area contributed by atoms with Gasteiger partial charge in [-0.2, -0.15) is 0 Å². The highest BCUT2D eigenvalue weighted by Gasteiger charge is 2.13. The van der Waals surface area contributed by atoms with E-state index in [1.807, 2.05) is 30.5 Å².